The van der Waals surface area contributed by atoms with Crippen molar-refractivity contribution in [3.63, 3.8) is 0 Å². The standard InChI is InChI=1S/C10H13NO/c1-7(2)10(12)9-4-8(3)5-11-6-9/h4-6,10,12H,1H2,2-3H3. The van der Waals surface area contributed by atoms with E-state index < -0.39 is 6.10 Å². The zero-order valence-electron chi connectivity index (χ0n) is 7.41. The molecule has 0 saturated heterocycles. The van der Waals surface area contributed by atoms with Crippen LogP contribution in [-0.2, 0) is 0 Å². The van der Waals surface area contributed by atoms with Crippen molar-refractivity contribution in [2.75, 3.05) is 0 Å². The smallest absolute Gasteiger partial charge is 0.101 e. The van der Waals surface area contributed by atoms with E-state index in [1.807, 2.05) is 13.0 Å². The Balaban J connectivity index is 2.95. The first kappa shape index (κ1) is 8.94. The van der Waals surface area contributed by atoms with Crippen molar-refractivity contribution in [2.45, 2.75) is 20.0 Å². The predicted molar refractivity (Wildman–Crippen MR) is 48.7 cm³/mol. The predicted octanol–water partition coefficient (Wildman–Crippen LogP) is 2.00. The fraction of sp³-hybridized carbons (Fsp3) is 0.300. The number of aryl methyl sites for hydroxylation is 1. The normalized spacial score (nSPS) is 12.6. The van der Waals surface area contributed by atoms with Gasteiger partial charge in [0.1, 0.15) is 6.10 Å². The lowest BCUT2D eigenvalue weighted by atomic mass is 10.1. The maximum Gasteiger partial charge on any atom is 0.101 e. The highest BCUT2D eigenvalue weighted by Gasteiger charge is 2.07. The number of hydrogen-bond acceptors (Lipinski definition) is 2. The third-order valence-corrected chi connectivity index (χ3v) is 1.68. The molecule has 0 spiro atoms. The first-order valence-corrected chi connectivity index (χ1v) is 3.86. The minimum Gasteiger partial charge on any atom is -0.384 e. The lowest BCUT2D eigenvalue weighted by Gasteiger charge is -2.09. The Labute approximate surface area is 72.6 Å². The molecular formula is C10H13NO. The Morgan fingerprint density at radius 1 is 1.58 bits per heavy atom. The molecule has 0 amide bonds. The summed E-state index contributed by atoms with van der Waals surface area (Å²) in [5.41, 5.74) is 2.60. The van der Waals surface area contributed by atoms with Gasteiger partial charge in [-0.2, -0.15) is 0 Å². The second-order valence-corrected chi connectivity index (χ2v) is 3.04. The minimum absolute atomic E-state index is 0.586. The first-order chi connectivity index (χ1) is 5.61. The van der Waals surface area contributed by atoms with E-state index in [1.165, 1.54) is 0 Å². The van der Waals surface area contributed by atoms with E-state index in [1.54, 1.807) is 19.3 Å². The van der Waals surface area contributed by atoms with E-state index in [2.05, 4.69) is 11.6 Å². The molecule has 0 bridgehead atoms. The second kappa shape index (κ2) is 3.50. The molecule has 2 nitrogen and oxygen atoms in total. The third-order valence-electron chi connectivity index (χ3n) is 1.68. The molecule has 0 fully saturated rings. The van der Waals surface area contributed by atoms with Crippen molar-refractivity contribution in [2.24, 2.45) is 0 Å². The summed E-state index contributed by atoms with van der Waals surface area (Å²) in [6.45, 7) is 7.43. The van der Waals surface area contributed by atoms with Gasteiger partial charge in [0.2, 0.25) is 0 Å². The SMILES string of the molecule is C=C(C)C(O)c1cncc(C)c1. The highest BCUT2D eigenvalue weighted by molar-refractivity contribution is 5.24. The summed E-state index contributed by atoms with van der Waals surface area (Å²) in [4.78, 5) is 3.99. The molecule has 1 unspecified atom stereocenters. The molecule has 0 aliphatic carbocycles. The van der Waals surface area contributed by atoms with Gasteiger partial charge in [0.25, 0.3) is 0 Å². The molecule has 1 aromatic rings. The van der Waals surface area contributed by atoms with Gasteiger partial charge in [0.15, 0.2) is 0 Å². The molecule has 1 rings (SSSR count). The monoisotopic (exact) mass is 163 g/mol. The molecule has 0 aromatic carbocycles. The number of aliphatic hydroxyl groups excluding tert-OH is 1. The van der Waals surface area contributed by atoms with Gasteiger partial charge in [-0.15, -0.1) is 0 Å². The van der Waals surface area contributed by atoms with Gasteiger partial charge in [0.05, 0.1) is 0 Å². The number of pyridine rings is 1. The largest absolute Gasteiger partial charge is 0.384 e. The molecule has 64 valence electrons. The fourth-order valence-electron chi connectivity index (χ4n) is 1.01. The summed E-state index contributed by atoms with van der Waals surface area (Å²) < 4.78 is 0. The summed E-state index contributed by atoms with van der Waals surface area (Å²) in [6.07, 6.45) is 2.83. The van der Waals surface area contributed by atoms with Gasteiger partial charge in [0, 0.05) is 18.0 Å². The van der Waals surface area contributed by atoms with Crippen molar-refractivity contribution in [1.29, 1.82) is 0 Å². The second-order valence-electron chi connectivity index (χ2n) is 3.04. The first-order valence-electron chi connectivity index (χ1n) is 3.86. The van der Waals surface area contributed by atoms with Crippen LogP contribution < -0.4 is 0 Å². The maximum atomic E-state index is 9.58. The molecule has 0 aliphatic heterocycles. The molecule has 2 heteroatoms. The van der Waals surface area contributed by atoms with E-state index >= 15 is 0 Å². The topological polar surface area (TPSA) is 33.1 Å². The van der Waals surface area contributed by atoms with Crippen molar-refractivity contribution in [3.8, 4) is 0 Å². The maximum absolute atomic E-state index is 9.58. The van der Waals surface area contributed by atoms with E-state index in [9.17, 15) is 5.11 Å². The summed E-state index contributed by atoms with van der Waals surface area (Å²) in [5, 5.41) is 9.58. The Morgan fingerprint density at radius 3 is 2.75 bits per heavy atom. The van der Waals surface area contributed by atoms with Crippen LogP contribution in [0.3, 0.4) is 0 Å². The van der Waals surface area contributed by atoms with Crippen LogP contribution in [0.25, 0.3) is 0 Å². The van der Waals surface area contributed by atoms with Crippen LogP contribution in [0.1, 0.15) is 24.2 Å². The molecular weight excluding hydrogens is 150 g/mol. The van der Waals surface area contributed by atoms with Crippen LogP contribution in [0.2, 0.25) is 0 Å². The zero-order chi connectivity index (χ0) is 9.14. The van der Waals surface area contributed by atoms with Gasteiger partial charge < -0.3 is 5.11 Å². The fourth-order valence-corrected chi connectivity index (χ4v) is 1.01. The van der Waals surface area contributed by atoms with Crippen molar-refractivity contribution in [1.82, 2.24) is 4.98 Å². The van der Waals surface area contributed by atoms with E-state index in [-0.39, 0.29) is 0 Å². The van der Waals surface area contributed by atoms with Gasteiger partial charge in [-0.25, -0.2) is 0 Å². The lowest BCUT2D eigenvalue weighted by Crippen LogP contribution is -1.98. The Morgan fingerprint density at radius 2 is 2.25 bits per heavy atom. The van der Waals surface area contributed by atoms with Gasteiger partial charge >= 0.3 is 0 Å². The molecule has 0 saturated carbocycles. The molecule has 0 radical (unpaired) electrons. The minimum atomic E-state index is -0.586. The average molecular weight is 163 g/mol. The summed E-state index contributed by atoms with van der Waals surface area (Å²) in [6, 6.07) is 1.91. The van der Waals surface area contributed by atoms with Crippen LogP contribution in [0.4, 0.5) is 0 Å². The molecule has 12 heavy (non-hydrogen) atoms. The Kier molecular flexibility index (Phi) is 2.61. The summed E-state index contributed by atoms with van der Waals surface area (Å²) in [5.74, 6) is 0. The van der Waals surface area contributed by atoms with Crippen molar-refractivity contribution < 1.29 is 5.11 Å². The molecule has 1 N–H and O–H groups in total. The van der Waals surface area contributed by atoms with Crippen LogP contribution in [0.15, 0.2) is 30.6 Å². The number of aliphatic hydroxyl groups is 1. The van der Waals surface area contributed by atoms with Gasteiger partial charge in [-0.05, 0) is 25.0 Å². The average Bonchev–Trinajstić information content (AvgIpc) is 2.03. The van der Waals surface area contributed by atoms with Crippen molar-refractivity contribution >= 4 is 0 Å². The highest BCUT2D eigenvalue weighted by Crippen LogP contribution is 2.18. The molecule has 1 atom stereocenters. The van der Waals surface area contributed by atoms with Crippen LogP contribution in [-0.4, -0.2) is 10.1 Å². The highest BCUT2D eigenvalue weighted by atomic mass is 16.3. The summed E-state index contributed by atoms with van der Waals surface area (Å²) >= 11 is 0. The number of rotatable bonds is 2. The molecule has 0 aliphatic rings. The zero-order valence-corrected chi connectivity index (χ0v) is 7.41. The number of aromatic nitrogens is 1. The number of nitrogens with zero attached hydrogens (tertiary/aromatic N) is 1. The summed E-state index contributed by atoms with van der Waals surface area (Å²) in [7, 11) is 0. The van der Waals surface area contributed by atoms with Crippen molar-refractivity contribution in [3.05, 3.63) is 41.7 Å². The van der Waals surface area contributed by atoms with Crippen LogP contribution in [0, 0.1) is 6.92 Å². The number of hydrogen-bond donors (Lipinski definition) is 1. The van der Waals surface area contributed by atoms with Gasteiger partial charge in [-0.1, -0.05) is 12.6 Å². The van der Waals surface area contributed by atoms with E-state index in [0.717, 1.165) is 16.7 Å². The van der Waals surface area contributed by atoms with Crippen LogP contribution >= 0.6 is 0 Å². The molecule has 1 heterocycles. The molecule has 1 aromatic heterocycles. The van der Waals surface area contributed by atoms with Crippen LogP contribution in [0.5, 0.6) is 0 Å². The quantitative estimate of drug-likeness (QED) is 0.676. The third kappa shape index (κ3) is 1.92. The lowest BCUT2D eigenvalue weighted by molar-refractivity contribution is 0.216. The van der Waals surface area contributed by atoms with E-state index in [4.69, 9.17) is 0 Å². The Hall–Kier alpha value is -1.15. The Bertz CT molecular complexity index is 294. The van der Waals surface area contributed by atoms with Gasteiger partial charge in [-0.3, -0.25) is 4.98 Å². The van der Waals surface area contributed by atoms with E-state index in [0.29, 0.717) is 0 Å².